The summed E-state index contributed by atoms with van der Waals surface area (Å²) >= 11 is 0. The number of nitrogens with zero attached hydrogens (tertiary/aromatic N) is 2. The van der Waals surface area contributed by atoms with Crippen molar-refractivity contribution in [3.05, 3.63) is 138 Å². The molecule has 0 bridgehead atoms. The van der Waals surface area contributed by atoms with Crippen molar-refractivity contribution in [2.75, 3.05) is 29.6 Å². The van der Waals surface area contributed by atoms with Crippen LogP contribution >= 0.6 is 0 Å². The van der Waals surface area contributed by atoms with Crippen LogP contribution in [0.15, 0.2) is 132 Å². The van der Waals surface area contributed by atoms with E-state index in [0.29, 0.717) is 18.6 Å². The highest BCUT2D eigenvalue weighted by molar-refractivity contribution is 7.05. The van der Waals surface area contributed by atoms with E-state index in [1.165, 1.54) is 64.3 Å². The monoisotopic (exact) mass is 839 g/mol. The molecule has 6 rings (SSSR count). The molecular formula is C55H74N2O3Si. The molecule has 0 aromatic heterocycles. The molecule has 0 amide bonds. The highest BCUT2D eigenvalue weighted by Crippen LogP contribution is 2.41. The molecule has 0 spiro atoms. The molecule has 2 heterocycles. The summed E-state index contributed by atoms with van der Waals surface area (Å²) in [6.07, 6.45) is 23.2. The quantitative estimate of drug-likeness (QED) is 0.0682. The van der Waals surface area contributed by atoms with Crippen LogP contribution in [-0.4, -0.2) is 46.3 Å². The Balaban J connectivity index is 1.51. The number of allylic oxidation sites excluding steroid dienone is 7. The minimum atomic E-state index is -2.24. The molecule has 1 aliphatic carbocycles. The van der Waals surface area contributed by atoms with Crippen LogP contribution < -0.4 is 20.2 Å². The highest BCUT2D eigenvalue weighted by atomic mass is 28.3. The van der Waals surface area contributed by atoms with E-state index in [9.17, 15) is 0 Å². The van der Waals surface area contributed by atoms with E-state index < -0.39 is 8.07 Å². The Labute approximate surface area is 370 Å². The molecule has 0 N–H and O–H groups in total. The lowest BCUT2D eigenvalue weighted by Crippen LogP contribution is -2.55. The normalized spacial score (nSPS) is 21.6. The Morgan fingerprint density at radius 3 is 2.21 bits per heavy atom. The van der Waals surface area contributed by atoms with Crippen molar-refractivity contribution in [2.24, 2.45) is 5.92 Å². The number of hydrogen-bond donors (Lipinski definition) is 0. The van der Waals surface area contributed by atoms with Gasteiger partial charge < -0.3 is 24.0 Å². The Morgan fingerprint density at radius 1 is 0.869 bits per heavy atom. The standard InChI is InChI=1S/C55H74N2O3Si/c1-11-16-35-61(34-12-2)53-38-49(56(47-22-17-20-40(6)36-47)45(13-3)26-24-42(8)44(10)58-15-5)28-30-51(53)52-31-29-50(39-54(52)61)57(48-23-18-21-41(7)37-48)46(14-4)27-25-43(9)55-59-32-19-33-60-55/h13,17-18,20-22,24-31,36,38-39,41,44,48,55H,3,11-12,14-16,19,23,32-35,37H2,1-2,4-10H3. The molecule has 3 aromatic carbocycles. The fraction of sp³-hybridized carbons (Fsp3) is 0.455. The summed E-state index contributed by atoms with van der Waals surface area (Å²) in [6.45, 7) is 26.6. The van der Waals surface area contributed by atoms with Gasteiger partial charge in [0.1, 0.15) is 8.07 Å². The van der Waals surface area contributed by atoms with Crippen LogP contribution in [0.1, 0.15) is 106 Å². The maximum atomic E-state index is 6.00. The van der Waals surface area contributed by atoms with Crippen molar-refractivity contribution in [3.63, 3.8) is 0 Å². The average molecular weight is 839 g/mol. The van der Waals surface area contributed by atoms with Crippen LogP contribution in [0.3, 0.4) is 0 Å². The van der Waals surface area contributed by atoms with Gasteiger partial charge in [0.15, 0.2) is 6.29 Å². The largest absolute Gasteiger partial charge is 0.374 e. The molecule has 2 aliphatic heterocycles. The first-order valence-electron chi connectivity index (χ1n) is 23.4. The zero-order chi connectivity index (χ0) is 43.5. The summed E-state index contributed by atoms with van der Waals surface area (Å²) in [6, 6.07) is 26.7. The Bertz CT molecular complexity index is 2120. The first-order valence-corrected chi connectivity index (χ1v) is 25.9. The second-order valence-corrected chi connectivity index (χ2v) is 21.9. The lowest BCUT2D eigenvalue weighted by atomic mass is 9.91. The maximum Gasteiger partial charge on any atom is 0.179 e. The molecule has 61 heavy (non-hydrogen) atoms. The van der Waals surface area contributed by atoms with Gasteiger partial charge in [-0.2, -0.15) is 0 Å². The number of aryl methyl sites for hydroxylation is 1. The fourth-order valence-corrected chi connectivity index (χ4v) is 15.6. The lowest BCUT2D eigenvalue weighted by molar-refractivity contribution is -0.156. The molecule has 0 saturated carbocycles. The van der Waals surface area contributed by atoms with Crippen LogP contribution in [0.25, 0.3) is 11.1 Å². The summed E-state index contributed by atoms with van der Waals surface area (Å²) in [7, 11) is -2.24. The van der Waals surface area contributed by atoms with Gasteiger partial charge in [-0.05, 0) is 171 Å². The third-order valence-electron chi connectivity index (χ3n) is 13.1. The Kier molecular flexibility index (Phi) is 16.5. The molecule has 4 unspecified atom stereocenters. The van der Waals surface area contributed by atoms with E-state index in [2.05, 4.69) is 176 Å². The fourth-order valence-electron chi connectivity index (χ4n) is 9.83. The van der Waals surface area contributed by atoms with Crippen molar-refractivity contribution < 1.29 is 14.2 Å². The summed E-state index contributed by atoms with van der Waals surface area (Å²) in [5, 5.41) is 3.20. The van der Waals surface area contributed by atoms with Gasteiger partial charge in [0.2, 0.25) is 0 Å². The summed E-state index contributed by atoms with van der Waals surface area (Å²) in [5.41, 5.74) is 12.4. The van der Waals surface area contributed by atoms with Crippen molar-refractivity contribution in [1.82, 2.24) is 0 Å². The van der Waals surface area contributed by atoms with Gasteiger partial charge >= 0.3 is 0 Å². The smallest absolute Gasteiger partial charge is 0.179 e. The average Bonchev–Trinajstić information content (AvgIpc) is 3.53. The van der Waals surface area contributed by atoms with Gasteiger partial charge in [-0.3, -0.25) is 0 Å². The van der Waals surface area contributed by atoms with Gasteiger partial charge in [-0.25, -0.2) is 0 Å². The molecule has 1 saturated heterocycles. The van der Waals surface area contributed by atoms with Gasteiger partial charge in [0, 0.05) is 41.1 Å². The molecule has 4 atom stereocenters. The van der Waals surface area contributed by atoms with Gasteiger partial charge in [0.25, 0.3) is 0 Å². The van der Waals surface area contributed by atoms with E-state index in [0.717, 1.165) is 62.3 Å². The van der Waals surface area contributed by atoms with Gasteiger partial charge in [0.05, 0.1) is 19.3 Å². The maximum absolute atomic E-state index is 6.00. The molecular weight excluding hydrogens is 765 g/mol. The van der Waals surface area contributed by atoms with Crippen molar-refractivity contribution >= 4 is 35.5 Å². The van der Waals surface area contributed by atoms with Crippen LogP contribution in [0.5, 0.6) is 0 Å². The van der Waals surface area contributed by atoms with Crippen molar-refractivity contribution in [2.45, 2.75) is 138 Å². The van der Waals surface area contributed by atoms with Crippen molar-refractivity contribution in [1.29, 1.82) is 0 Å². The topological polar surface area (TPSA) is 34.2 Å². The number of anilines is 3. The molecule has 326 valence electrons. The highest BCUT2D eigenvalue weighted by Gasteiger charge is 2.45. The molecule has 6 heteroatoms. The third kappa shape index (κ3) is 10.5. The second-order valence-electron chi connectivity index (χ2n) is 17.6. The zero-order valence-corrected chi connectivity index (χ0v) is 39.9. The summed E-state index contributed by atoms with van der Waals surface area (Å²) in [5.74, 6) is 0.536. The van der Waals surface area contributed by atoms with E-state index in [1.54, 1.807) is 10.4 Å². The Hall–Kier alpha value is -4.20. The van der Waals surface area contributed by atoms with Gasteiger partial charge in [-0.1, -0.05) is 102 Å². The first kappa shape index (κ1) is 46.3. The van der Waals surface area contributed by atoms with Crippen LogP contribution in [0, 0.1) is 12.8 Å². The summed E-state index contributed by atoms with van der Waals surface area (Å²) in [4.78, 5) is 5.11. The molecule has 3 aliphatic rings. The van der Waals surface area contributed by atoms with E-state index >= 15 is 0 Å². The number of fused-ring (bicyclic) bond motifs is 3. The first-order chi connectivity index (χ1) is 29.6. The minimum absolute atomic E-state index is 0.0477. The van der Waals surface area contributed by atoms with E-state index in [1.807, 2.05) is 6.08 Å². The lowest BCUT2D eigenvalue weighted by Gasteiger charge is -2.39. The third-order valence-corrected chi connectivity index (χ3v) is 18.5. The van der Waals surface area contributed by atoms with E-state index in [-0.39, 0.29) is 12.4 Å². The molecule has 0 radical (unpaired) electrons. The number of hydrogen-bond acceptors (Lipinski definition) is 5. The van der Waals surface area contributed by atoms with Crippen LogP contribution in [0.2, 0.25) is 12.1 Å². The van der Waals surface area contributed by atoms with Crippen LogP contribution in [-0.2, 0) is 14.2 Å². The Morgan fingerprint density at radius 2 is 1.57 bits per heavy atom. The number of unbranched alkanes of at least 4 members (excludes halogenated alkanes) is 1. The zero-order valence-electron chi connectivity index (χ0n) is 38.9. The minimum Gasteiger partial charge on any atom is -0.374 e. The number of ether oxygens (including phenoxy) is 3. The van der Waals surface area contributed by atoms with Crippen LogP contribution in [0.4, 0.5) is 17.1 Å². The summed E-state index contributed by atoms with van der Waals surface area (Å²) < 4.78 is 17.9. The van der Waals surface area contributed by atoms with Crippen molar-refractivity contribution in [3.8, 4) is 11.1 Å². The SMILES string of the molecule is C=CC(=CC=C(C)C(C)OCC)N(c1cccc(C)c1)c1ccc2c(c1)[Si](CCC)(CCCC)c1cc(N(C(=CC=C(C)C3OCCCO3)CC)C3CC=CC(C)C3)ccc1-2. The van der Waals surface area contributed by atoms with Gasteiger partial charge in [-0.15, -0.1) is 0 Å². The molecule has 1 fully saturated rings. The second kappa shape index (κ2) is 21.7. The molecule has 5 nitrogen and oxygen atoms in total. The predicted octanol–water partition coefficient (Wildman–Crippen LogP) is 13.5. The number of rotatable bonds is 19. The predicted molar refractivity (Wildman–Crippen MR) is 264 cm³/mol. The van der Waals surface area contributed by atoms with E-state index in [4.69, 9.17) is 14.2 Å². The molecule has 3 aromatic rings. The number of benzene rings is 3.